The van der Waals surface area contributed by atoms with E-state index in [1.54, 1.807) is 9.80 Å². The highest BCUT2D eigenvalue weighted by molar-refractivity contribution is 5.99. The number of nitrogens with one attached hydrogen (secondary N) is 2. The lowest BCUT2D eigenvalue weighted by Crippen LogP contribution is -2.58. The third-order valence-corrected chi connectivity index (χ3v) is 8.01. The minimum atomic E-state index is -0.831. The van der Waals surface area contributed by atoms with Crippen LogP contribution in [-0.4, -0.2) is 66.1 Å². The molecule has 2 aliphatic rings. The lowest BCUT2D eigenvalue weighted by Gasteiger charge is -2.43. The van der Waals surface area contributed by atoms with Crippen LogP contribution in [-0.2, 0) is 9.59 Å². The third-order valence-electron chi connectivity index (χ3n) is 8.01. The van der Waals surface area contributed by atoms with Gasteiger partial charge in [-0.25, -0.2) is 4.79 Å². The van der Waals surface area contributed by atoms with Gasteiger partial charge in [0.2, 0.25) is 5.91 Å². The van der Waals surface area contributed by atoms with Crippen molar-refractivity contribution >= 4 is 34.9 Å². The molecule has 0 radical (unpaired) electrons. The fourth-order valence-electron chi connectivity index (χ4n) is 5.64. The molecule has 214 valence electrons. The van der Waals surface area contributed by atoms with E-state index in [-0.39, 0.29) is 24.4 Å². The van der Waals surface area contributed by atoms with Gasteiger partial charge in [-0.15, -0.1) is 0 Å². The molecule has 0 aliphatic carbocycles. The molecule has 2 fully saturated rings. The van der Waals surface area contributed by atoms with Crippen LogP contribution in [0.25, 0.3) is 0 Å². The summed E-state index contributed by atoms with van der Waals surface area (Å²) in [5.41, 5.74) is 3.65. The van der Waals surface area contributed by atoms with E-state index in [2.05, 4.69) is 15.5 Å². The lowest BCUT2D eigenvalue weighted by molar-refractivity contribution is -0.136. The molecule has 9 heteroatoms. The number of carbonyl (C=O) groups excluding carboxylic acids is 3. The Morgan fingerprint density at radius 3 is 2.32 bits per heavy atom. The maximum Gasteiger partial charge on any atom is 0.321 e. The Kier molecular flexibility index (Phi) is 8.14. The van der Waals surface area contributed by atoms with Crippen LogP contribution in [0.3, 0.4) is 0 Å². The van der Waals surface area contributed by atoms with E-state index in [1.807, 2.05) is 93.6 Å². The molecule has 3 aromatic carbocycles. The van der Waals surface area contributed by atoms with Crippen molar-refractivity contribution in [2.45, 2.75) is 39.2 Å². The van der Waals surface area contributed by atoms with Crippen LogP contribution in [0.15, 0.2) is 72.8 Å². The van der Waals surface area contributed by atoms with Crippen molar-refractivity contribution in [3.05, 3.63) is 83.9 Å². The van der Waals surface area contributed by atoms with Gasteiger partial charge in [-0.05, 0) is 81.1 Å². The zero-order valence-electron chi connectivity index (χ0n) is 23.9. The lowest BCUT2D eigenvalue weighted by atomic mass is 9.85. The molecule has 4 amide bonds. The SMILES string of the molecule is CCOc1ccccc1NC(=O)N1CCC2(CC1)C(=O)N(CC(=O)Nc1ccc(C)c(C)c1)CN2c1ccccc1. The van der Waals surface area contributed by atoms with Crippen LogP contribution in [0.4, 0.5) is 21.9 Å². The van der Waals surface area contributed by atoms with Gasteiger partial charge >= 0.3 is 6.03 Å². The van der Waals surface area contributed by atoms with E-state index in [4.69, 9.17) is 4.74 Å². The highest BCUT2D eigenvalue weighted by Crippen LogP contribution is 2.39. The van der Waals surface area contributed by atoms with Crippen molar-refractivity contribution in [2.75, 3.05) is 48.4 Å². The molecule has 2 N–H and O–H groups in total. The van der Waals surface area contributed by atoms with Gasteiger partial charge in [0.15, 0.2) is 0 Å². The first-order valence-electron chi connectivity index (χ1n) is 14.1. The summed E-state index contributed by atoms with van der Waals surface area (Å²) >= 11 is 0. The van der Waals surface area contributed by atoms with E-state index in [9.17, 15) is 14.4 Å². The van der Waals surface area contributed by atoms with E-state index in [0.717, 1.165) is 16.8 Å². The minimum Gasteiger partial charge on any atom is -0.492 e. The first-order valence-corrected chi connectivity index (χ1v) is 14.1. The number of piperidine rings is 1. The molecule has 41 heavy (non-hydrogen) atoms. The summed E-state index contributed by atoms with van der Waals surface area (Å²) in [5.74, 6) is 0.294. The highest BCUT2D eigenvalue weighted by Gasteiger charge is 2.54. The van der Waals surface area contributed by atoms with E-state index < -0.39 is 5.54 Å². The molecule has 3 aromatic rings. The van der Waals surface area contributed by atoms with Gasteiger partial charge < -0.3 is 30.1 Å². The molecule has 2 heterocycles. The predicted octanol–water partition coefficient (Wildman–Crippen LogP) is 5.01. The number of rotatable bonds is 7. The first-order chi connectivity index (χ1) is 19.8. The zero-order valence-corrected chi connectivity index (χ0v) is 23.9. The second kappa shape index (κ2) is 11.9. The predicted molar refractivity (Wildman–Crippen MR) is 160 cm³/mol. The molecule has 0 bridgehead atoms. The Morgan fingerprint density at radius 1 is 0.902 bits per heavy atom. The van der Waals surface area contributed by atoms with Crippen molar-refractivity contribution in [3.63, 3.8) is 0 Å². The summed E-state index contributed by atoms with van der Waals surface area (Å²) < 4.78 is 5.65. The van der Waals surface area contributed by atoms with Crippen LogP contribution < -0.4 is 20.3 Å². The number of urea groups is 1. The Hall–Kier alpha value is -4.53. The van der Waals surface area contributed by atoms with Crippen LogP contribution in [0.1, 0.15) is 30.9 Å². The Bertz CT molecular complexity index is 1420. The molecule has 0 aromatic heterocycles. The molecular weight excluding hydrogens is 518 g/mol. The summed E-state index contributed by atoms with van der Waals surface area (Å²) in [6.07, 6.45) is 0.910. The van der Waals surface area contributed by atoms with Crippen molar-refractivity contribution in [3.8, 4) is 5.75 Å². The topological polar surface area (TPSA) is 94.2 Å². The number of benzene rings is 3. The van der Waals surface area contributed by atoms with E-state index >= 15 is 0 Å². The number of hydrogen-bond donors (Lipinski definition) is 2. The van der Waals surface area contributed by atoms with Crippen LogP contribution in [0.2, 0.25) is 0 Å². The number of ether oxygens (including phenoxy) is 1. The van der Waals surface area contributed by atoms with Gasteiger partial charge in [-0.1, -0.05) is 36.4 Å². The van der Waals surface area contributed by atoms with Crippen molar-refractivity contribution in [1.82, 2.24) is 9.80 Å². The average molecular weight is 556 g/mol. The summed E-state index contributed by atoms with van der Waals surface area (Å²) in [4.78, 5) is 45.7. The van der Waals surface area contributed by atoms with Crippen molar-refractivity contribution in [1.29, 1.82) is 0 Å². The molecule has 5 rings (SSSR count). The third kappa shape index (κ3) is 5.84. The van der Waals surface area contributed by atoms with E-state index in [0.29, 0.717) is 56.3 Å². The molecular formula is C32H37N5O4. The van der Waals surface area contributed by atoms with Crippen LogP contribution >= 0.6 is 0 Å². The van der Waals surface area contributed by atoms with Crippen LogP contribution in [0, 0.1) is 13.8 Å². The second-order valence-corrected chi connectivity index (χ2v) is 10.6. The van der Waals surface area contributed by atoms with Gasteiger partial charge in [0.1, 0.15) is 17.8 Å². The van der Waals surface area contributed by atoms with Gasteiger partial charge in [-0.3, -0.25) is 9.59 Å². The summed E-state index contributed by atoms with van der Waals surface area (Å²) in [7, 11) is 0. The average Bonchev–Trinajstić information content (AvgIpc) is 3.23. The number of hydrogen-bond acceptors (Lipinski definition) is 5. The molecule has 0 saturated carbocycles. The number of amides is 4. The number of aryl methyl sites for hydroxylation is 2. The molecule has 1 spiro atoms. The second-order valence-electron chi connectivity index (χ2n) is 10.6. The molecule has 2 saturated heterocycles. The maximum atomic E-state index is 14.0. The molecule has 0 atom stereocenters. The van der Waals surface area contributed by atoms with Crippen molar-refractivity contribution < 1.29 is 19.1 Å². The molecule has 9 nitrogen and oxygen atoms in total. The Morgan fingerprint density at radius 2 is 1.61 bits per heavy atom. The first kappa shape index (κ1) is 28.0. The molecule has 2 aliphatic heterocycles. The Labute approximate surface area is 241 Å². The fraction of sp³-hybridized carbons (Fsp3) is 0.344. The zero-order chi connectivity index (χ0) is 29.0. The summed E-state index contributed by atoms with van der Waals surface area (Å²) in [6, 6.07) is 22.7. The smallest absolute Gasteiger partial charge is 0.321 e. The maximum absolute atomic E-state index is 14.0. The number of nitrogens with zero attached hydrogens (tertiary/aromatic N) is 3. The Balaban J connectivity index is 1.30. The number of carbonyl (C=O) groups is 3. The van der Waals surface area contributed by atoms with Gasteiger partial charge in [0, 0.05) is 24.5 Å². The van der Waals surface area contributed by atoms with Gasteiger partial charge in [-0.2, -0.15) is 0 Å². The minimum absolute atomic E-state index is 0.0464. The largest absolute Gasteiger partial charge is 0.492 e. The fourth-order valence-corrected chi connectivity index (χ4v) is 5.64. The standard InChI is InChI=1S/C32H37N5O4/c1-4-41-28-13-9-8-12-27(28)34-31(40)35-18-16-32(17-19-35)30(39)36(22-37(32)26-10-6-5-7-11-26)21-29(38)33-25-15-14-23(2)24(3)20-25/h5-15,20H,4,16-19,21-22H2,1-3H3,(H,33,38)(H,34,40). The van der Waals surface area contributed by atoms with Crippen molar-refractivity contribution in [2.24, 2.45) is 0 Å². The summed E-state index contributed by atoms with van der Waals surface area (Å²) in [6.45, 7) is 7.48. The molecule has 0 unspecified atom stereocenters. The van der Waals surface area contributed by atoms with Crippen LogP contribution in [0.5, 0.6) is 5.75 Å². The van der Waals surface area contributed by atoms with Gasteiger partial charge in [0.05, 0.1) is 19.0 Å². The number of para-hydroxylation sites is 3. The van der Waals surface area contributed by atoms with E-state index in [1.165, 1.54) is 0 Å². The number of anilines is 3. The van der Waals surface area contributed by atoms with Gasteiger partial charge in [0.25, 0.3) is 5.91 Å². The quantitative estimate of drug-likeness (QED) is 0.427. The normalized spacial score (nSPS) is 16.2. The number of likely N-dealkylation sites (tertiary alicyclic amines) is 1. The highest BCUT2D eigenvalue weighted by atomic mass is 16.5. The monoisotopic (exact) mass is 555 g/mol. The summed E-state index contributed by atoms with van der Waals surface area (Å²) in [5, 5.41) is 5.90.